The number of amides is 1. The predicted molar refractivity (Wildman–Crippen MR) is 130 cm³/mol. The Hall–Kier alpha value is -2.92. The Bertz CT molecular complexity index is 1090. The molecule has 1 aliphatic rings. The van der Waals surface area contributed by atoms with E-state index in [1.165, 1.54) is 11.1 Å². The molecular formula is C26H29ClN4O. The zero-order valence-corrected chi connectivity index (χ0v) is 19.7. The van der Waals surface area contributed by atoms with Crippen molar-refractivity contribution < 1.29 is 4.79 Å². The van der Waals surface area contributed by atoms with Crippen molar-refractivity contribution in [1.82, 2.24) is 14.9 Å². The summed E-state index contributed by atoms with van der Waals surface area (Å²) >= 11 is 6.05. The Balaban J connectivity index is 1.50. The second kappa shape index (κ2) is 9.70. The Morgan fingerprint density at radius 2 is 1.53 bits per heavy atom. The molecule has 0 radical (unpaired) electrons. The Morgan fingerprint density at radius 1 is 0.906 bits per heavy atom. The monoisotopic (exact) mass is 448 g/mol. The van der Waals surface area contributed by atoms with Crippen LogP contribution in [0.15, 0.2) is 48.5 Å². The number of benzene rings is 2. The zero-order valence-electron chi connectivity index (χ0n) is 18.9. The number of halogens is 1. The van der Waals surface area contributed by atoms with Crippen molar-refractivity contribution in [1.29, 1.82) is 0 Å². The molecule has 5 nitrogen and oxygen atoms in total. The van der Waals surface area contributed by atoms with Crippen molar-refractivity contribution in [3.8, 4) is 0 Å². The predicted octanol–water partition coefficient (Wildman–Crippen LogP) is 4.86. The van der Waals surface area contributed by atoms with E-state index < -0.39 is 0 Å². The molecule has 0 unspecified atom stereocenters. The van der Waals surface area contributed by atoms with E-state index in [0.29, 0.717) is 13.1 Å². The van der Waals surface area contributed by atoms with E-state index in [-0.39, 0.29) is 5.91 Å². The second-order valence-electron chi connectivity index (χ2n) is 8.29. The smallest absolute Gasteiger partial charge is 0.253 e. The first kappa shape index (κ1) is 22.3. The summed E-state index contributed by atoms with van der Waals surface area (Å²) in [5.41, 5.74) is 5.31. The molecule has 1 amide bonds. The highest BCUT2D eigenvalue weighted by Crippen LogP contribution is 2.26. The van der Waals surface area contributed by atoms with E-state index in [1.54, 1.807) is 0 Å². The minimum absolute atomic E-state index is 0.101. The van der Waals surface area contributed by atoms with Gasteiger partial charge in [-0.3, -0.25) is 4.79 Å². The number of rotatable bonds is 5. The number of hydrogen-bond acceptors (Lipinski definition) is 4. The largest absolute Gasteiger partial charge is 0.353 e. The summed E-state index contributed by atoms with van der Waals surface area (Å²) in [6, 6.07) is 15.9. The quantitative estimate of drug-likeness (QED) is 0.559. The number of carbonyl (C=O) groups excluding carboxylic acids is 1. The van der Waals surface area contributed by atoms with E-state index in [9.17, 15) is 4.79 Å². The summed E-state index contributed by atoms with van der Waals surface area (Å²) in [7, 11) is 0. The van der Waals surface area contributed by atoms with Crippen LogP contribution in [0.1, 0.15) is 45.5 Å². The molecule has 1 aromatic heterocycles. The summed E-state index contributed by atoms with van der Waals surface area (Å²) in [4.78, 5) is 26.6. The number of hydrogen-bond donors (Lipinski definition) is 0. The van der Waals surface area contributed by atoms with Crippen LogP contribution >= 0.6 is 11.6 Å². The van der Waals surface area contributed by atoms with Crippen LogP contribution in [0, 0.1) is 13.8 Å². The highest BCUT2D eigenvalue weighted by atomic mass is 35.5. The van der Waals surface area contributed by atoms with Gasteiger partial charge in [-0.05, 0) is 55.7 Å². The number of aromatic nitrogens is 2. The lowest BCUT2D eigenvalue weighted by atomic mass is 10.0. The van der Waals surface area contributed by atoms with Gasteiger partial charge >= 0.3 is 0 Å². The SMILES string of the molecule is CCc1ccc(C(=O)N2CCN(c3nc(C)nc(C)c3Cc3ccc(Cl)cc3)CC2)cc1. The van der Waals surface area contributed by atoms with Gasteiger partial charge in [-0.15, -0.1) is 0 Å². The van der Waals surface area contributed by atoms with Gasteiger partial charge in [-0.2, -0.15) is 0 Å². The van der Waals surface area contributed by atoms with Gasteiger partial charge in [0, 0.05) is 54.4 Å². The Kier molecular flexibility index (Phi) is 6.75. The van der Waals surface area contributed by atoms with Crippen LogP contribution in [0.4, 0.5) is 5.82 Å². The van der Waals surface area contributed by atoms with Crippen molar-refractivity contribution in [2.75, 3.05) is 31.1 Å². The van der Waals surface area contributed by atoms with Crippen LogP contribution in [0.25, 0.3) is 0 Å². The van der Waals surface area contributed by atoms with Gasteiger partial charge in [0.1, 0.15) is 11.6 Å². The van der Waals surface area contributed by atoms with Gasteiger partial charge < -0.3 is 9.80 Å². The summed E-state index contributed by atoms with van der Waals surface area (Å²) in [6.45, 7) is 8.96. The first-order chi connectivity index (χ1) is 15.4. The van der Waals surface area contributed by atoms with E-state index in [4.69, 9.17) is 16.6 Å². The molecule has 166 valence electrons. The van der Waals surface area contributed by atoms with Crippen molar-refractivity contribution in [3.05, 3.63) is 87.3 Å². The van der Waals surface area contributed by atoms with E-state index in [1.807, 2.05) is 67.3 Å². The fraction of sp³-hybridized carbons (Fsp3) is 0.346. The molecule has 0 spiro atoms. The maximum Gasteiger partial charge on any atom is 0.253 e. The summed E-state index contributed by atoms with van der Waals surface area (Å²) in [5.74, 6) is 1.85. The number of nitrogens with zero attached hydrogens (tertiary/aromatic N) is 4. The standard InChI is InChI=1S/C26H29ClN4O/c1-4-20-5-9-22(10-6-20)26(32)31-15-13-30(14-16-31)25-24(18(2)28-19(3)29-25)17-21-7-11-23(27)12-8-21/h5-12H,4,13-17H2,1-3H3. The lowest BCUT2D eigenvalue weighted by molar-refractivity contribution is 0.0746. The molecule has 1 aliphatic heterocycles. The minimum Gasteiger partial charge on any atom is -0.353 e. The van der Waals surface area contributed by atoms with Crippen LogP contribution < -0.4 is 4.90 Å². The van der Waals surface area contributed by atoms with Gasteiger partial charge in [0.2, 0.25) is 0 Å². The van der Waals surface area contributed by atoms with Crippen molar-refractivity contribution >= 4 is 23.3 Å². The Morgan fingerprint density at radius 3 is 2.16 bits per heavy atom. The molecule has 0 aliphatic carbocycles. The summed E-state index contributed by atoms with van der Waals surface area (Å²) in [5, 5.41) is 0.732. The van der Waals surface area contributed by atoms with Gasteiger partial charge in [-0.1, -0.05) is 42.8 Å². The molecule has 0 saturated carbocycles. The fourth-order valence-corrected chi connectivity index (χ4v) is 4.31. The average Bonchev–Trinajstić information content (AvgIpc) is 2.81. The molecule has 0 atom stereocenters. The summed E-state index contributed by atoms with van der Waals surface area (Å²) < 4.78 is 0. The molecule has 3 aromatic rings. The van der Waals surface area contributed by atoms with Crippen molar-refractivity contribution in [2.45, 2.75) is 33.6 Å². The maximum absolute atomic E-state index is 13.0. The molecule has 2 aromatic carbocycles. The van der Waals surface area contributed by atoms with Gasteiger partial charge in [-0.25, -0.2) is 9.97 Å². The van der Waals surface area contributed by atoms with Crippen LogP contribution in [0.5, 0.6) is 0 Å². The highest BCUT2D eigenvalue weighted by Gasteiger charge is 2.25. The lowest BCUT2D eigenvalue weighted by Crippen LogP contribution is -2.49. The van der Waals surface area contributed by atoms with E-state index in [2.05, 4.69) is 16.8 Å². The number of carbonyl (C=O) groups is 1. The highest BCUT2D eigenvalue weighted by molar-refractivity contribution is 6.30. The fourth-order valence-electron chi connectivity index (χ4n) is 4.18. The topological polar surface area (TPSA) is 49.3 Å². The molecule has 1 fully saturated rings. The molecule has 0 bridgehead atoms. The van der Waals surface area contributed by atoms with Crippen LogP contribution in [0.2, 0.25) is 5.02 Å². The third-order valence-corrected chi connectivity index (χ3v) is 6.33. The third-order valence-electron chi connectivity index (χ3n) is 6.07. The lowest BCUT2D eigenvalue weighted by Gasteiger charge is -2.36. The molecule has 32 heavy (non-hydrogen) atoms. The molecule has 4 rings (SSSR count). The first-order valence-corrected chi connectivity index (χ1v) is 11.5. The van der Waals surface area contributed by atoms with Crippen LogP contribution in [-0.4, -0.2) is 47.0 Å². The van der Waals surface area contributed by atoms with Gasteiger partial charge in [0.15, 0.2) is 0 Å². The second-order valence-corrected chi connectivity index (χ2v) is 8.73. The van der Waals surface area contributed by atoms with Crippen molar-refractivity contribution in [2.24, 2.45) is 0 Å². The molecule has 0 N–H and O–H groups in total. The van der Waals surface area contributed by atoms with E-state index >= 15 is 0 Å². The van der Waals surface area contributed by atoms with E-state index in [0.717, 1.165) is 59.4 Å². The number of piperazine rings is 1. The number of aryl methyl sites for hydroxylation is 3. The van der Waals surface area contributed by atoms with Gasteiger partial charge in [0.05, 0.1) is 0 Å². The Labute approximate surface area is 195 Å². The molecule has 2 heterocycles. The maximum atomic E-state index is 13.0. The normalized spacial score (nSPS) is 14.0. The first-order valence-electron chi connectivity index (χ1n) is 11.2. The summed E-state index contributed by atoms with van der Waals surface area (Å²) in [6.07, 6.45) is 1.73. The van der Waals surface area contributed by atoms with Crippen molar-refractivity contribution in [3.63, 3.8) is 0 Å². The number of anilines is 1. The average molecular weight is 449 g/mol. The molecule has 1 saturated heterocycles. The van der Waals surface area contributed by atoms with Crippen LogP contribution in [-0.2, 0) is 12.8 Å². The molecule has 6 heteroatoms. The zero-order chi connectivity index (χ0) is 22.7. The minimum atomic E-state index is 0.101. The van der Waals surface area contributed by atoms with Crippen LogP contribution in [0.3, 0.4) is 0 Å². The third kappa shape index (κ3) is 4.94. The van der Waals surface area contributed by atoms with Gasteiger partial charge in [0.25, 0.3) is 5.91 Å². The molecular weight excluding hydrogens is 420 g/mol.